The van der Waals surface area contributed by atoms with Gasteiger partial charge in [0.25, 0.3) is 0 Å². The van der Waals surface area contributed by atoms with Gasteiger partial charge in [-0.3, -0.25) is 4.79 Å². The van der Waals surface area contributed by atoms with Crippen LogP contribution < -0.4 is 4.74 Å². The van der Waals surface area contributed by atoms with Crippen molar-refractivity contribution in [2.75, 3.05) is 6.61 Å². The summed E-state index contributed by atoms with van der Waals surface area (Å²) in [6.07, 6.45) is 20.9. The van der Waals surface area contributed by atoms with Crippen LogP contribution in [0.4, 0.5) is 0 Å². The molecule has 0 atom stereocenters. The van der Waals surface area contributed by atoms with Crippen molar-refractivity contribution in [3.8, 4) is 5.75 Å². The third kappa shape index (κ3) is 9.47. The summed E-state index contributed by atoms with van der Waals surface area (Å²) in [7, 11) is 0. The van der Waals surface area contributed by atoms with E-state index in [1.54, 1.807) is 18.2 Å². The maximum atomic E-state index is 12.0. The third-order valence-corrected chi connectivity index (χ3v) is 4.95. The highest BCUT2D eigenvalue weighted by molar-refractivity contribution is 5.95. The molecule has 1 aromatic rings. The summed E-state index contributed by atoms with van der Waals surface area (Å²) >= 11 is 0. The predicted octanol–water partition coefficient (Wildman–Crippen LogP) is 7.12. The minimum Gasteiger partial charge on any atom is -0.511 e. The van der Waals surface area contributed by atoms with Gasteiger partial charge in [-0.1, -0.05) is 94.4 Å². The van der Waals surface area contributed by atoms with Gasteiger partial charge in [0, 0.05) is 5.57 Å². The highest BCUT2D eigenvalue weighted by Gasteiger charge is 2.06. The Morgan fingerprint density at radius 3 is 2.21 bits per heavy atom. The standard InChI is InChI=1S/C26H34O3/c1-2-3-4-5-6-7-8-11-20-29-25-18-15-22(16-19-25)14-17-24(27)21-26(28)23-12-9-10-13-23/h9-10,12-19,28H,2-8,11,20-21H2,1H3/b17-14+. The molecule has 0 heterocycles. The zero-order chi connectivity index (χ0) is 20.7. The highest BCUT2D eigenvalue weighted by atomic mass is 16.5. The molecule has 0 aromatic heterocycles. The van der Waals surface area contributed by atoms with Crippen LogP contribution in [0.15, 0.2) is 66.0 Å². The first kappa shape index (κ1) is 22.7. The van der Waals surface area contributed by atoms with Gasteiger partial charge in [0.2, 0.25) is 0 Å². The zero-order valence-electron chi connectivity index (χ0n) is 17.6. The number of carbonyl (C=O) groups is 1. The van der Waals surface area contributed by atoms with Crippen LogP contribution in [0.3, 0.4) is 0 Å². The van der Waals surface area contributed by atoms with Crippen LogP contribution >= 0.6 is 0 Å². The van der Waals surface area contributed by atoms with E-state index in [2.05, 4.69) is 6.92 Å². The lowest BCUT2D eigenvalue weighted by molar-refractivity contribution is -0.114. The molecule has 3 nitrogen and oxygen atoms in total. The Balaban J connectivity index is 1.63. The summed E-state index contributed by atoms with van der Waals surface area (Å²) in [5.74, 6) is 0.840. The summed E-state index contributed by atoms with van der Waals surface area (Å²) in [4.78, 5) is 12.0. The first-order chi connectivity index (χ1) is 14.2. The molecule has 0 aliphatic heterocycles. The number of ketones is 1. The first-order valence-electron chi connectivity index (χ1n) is 10.9. The molecule has 0 saturated carbocycles. The minimum absolute atomic E-state index is 0.0142. The molecule has 29 heavy (non-hydrogen) atoms. The lowest BCUT2D eigenvalue weighted by Gasteiger charge is -2.06. The van der Waals surface area contributed by atoms with E-state index < -0.39 is 0 Å². The van der Waals surface area contributed by atoms with Gasteiger partial charge in [0.1, 0.15) is 11.5 Å². The number of unbranched alkanes of at least 4 members (excludes halogenated alkanes) is 7. The fourth-order valence-electron chi connectivity index (χ4n) is 3.18. The van der Waals surface area contributed by atoms with E-state index in [0.29, 0.717) is 5.57 Å². The van der Waals surface area contributed by atoms with Crippen molar-refractivity contribution in [3.05, 3.63) is 71.5 Å². The van der Waals surface area contributed by atoms with E-state index >= 15 is 0 Å². The van der Waals surface area contributed by atoms with Gasteiger partial charge >= 0.3 is 0 Å². The summed E-state index contributed by atoms with van der Waals surface area (Å²) in [5, 5.41) is 9.94. The molecule has 0 saturated heterocycles. The van der Waals surface area contributed by atoms with E-state index in [9.17, 15) is 9.90 Å². The Hall–Kier alpha value is -2.55. The maximum absolute atomic E-state index is 12.0. The Labute approximate surface area is 175 Å². The number of aliphatic hydroxyl groups excluding tert-OH is 1. The summed E-state index contributed by atoms with van der Waals surface area (Å²) in [5.41, 5.74) is 1.63. The van der Waals surface area contributed by atoms with Crippen molar-refractivity contribution in [1.82, 2.24) is 0 Å². The molecule has 0 radical (unpaired) electrons. The Bertz CT molecular complexity index is 722. The number of hydrogen-bond acceptors (Lipinski definition) is 3. The normalized spacial score (nSPS) is 12.8. The van der Waals surface area contributed by atoms with E-state index in [4.69, 9.17) is 4.74 Å². The van der Waals surface area contributed by atoms with Crippen LogP contribution in [-0.2, 0) is 4.79 Å². The van der Waals surface area contributed by atoms with E-state index in [-0.39, 0.29) is 18.0 Å². The summed E-state index contributed by atoms with van der Waals surface area (Å²) in [6.45, 7) is 3.00. The Morgan fingerprint density at radius 2 is 1.55 bits per heavy atom. The average molecular weight is 395 g/mol. The van der Waals surface area contributed by atoms with Gasteiger partial charge in [-0.2, -0.15) is 0 Å². The second-order valence-corrected chi connectivity index (χ2v) is 7.49. The van der Waals surface area contributed by atoms with Gasteiger partial charge in [0.15, 0.2) is 5.78 Å². The van der Waals surface area contributed by atoms with Crippen molar-refractivity contribution in [2.45, 2.75) is 64.7 Å². The van der Waals surface area contributed by atoms with Crippen molar-refractivity contribution < 1.29 is 14.6 Å². The molecule has 1 aliphatic carbocycles. The number of aliphatic hydroxyl groups is 1. The van der Waals surface area contributed by atoms with Crippen LogP contribution in [0.5, 0.6) is 5.75 Å². The van der Waals surface area contributed by atoms with Crippen LogP contribution in [0.2, 0.25) is 0 Å². The number of carbonyl (C=O) groups excluding carboxylic acids is 1. The fraction of sp³-hybridized carbons (Fsp3) is 0.423. The first-order valence-corrected chi connectivity index (χ1v) is 10.9. The van der Waals surface area contributed by atoms with Crippen LogP contribution in [0.1, 0.15) is 70.3 Å². The maximum Gasteiger partial charge on any atom is 0.163 e. The molecule has 1 N–H and O–H groups in total. The molecule has 1 aromatic carbocycles. The monoisotopic (exact) mass is 394 g/mol. The lowest BCUT2D eigenvalue weighted by atomic mass is 10.1. The smallest absolute Gasteiger partial charge is 0.163 e. The molecule has 0 spiro atoms. The largest absolute Gasteiger partial charge is 0.511 e. The Morgan fingerprint density at radius 1 is 0.931 bits per heavy atom. The van der Waals surface area contributed by atoms with Gasteiger partial charge in [-0.05, 0) is 30.2 Å². The molecule has 156 valence electrons. The lowest BCUT2D eigenvalue weighted by Crippen LogP contribution is -1.97. The quantitative estimate of drug-likeness (QED) is 0.208. The number of benzene rings is 1. The fourth-order valence-corrected chi connectivity index (χ4v) is 3.18. The molecule has 1 aliphatic rings. The molecular formula is C26H34O3. The van der Waals surface area contributed by atoms with Gasteiger partial charge in [0.05, 0.1) is 13.0 Å². The second kappa shape index (κ2) is 13.6. The van der Waals surface area contributed by atoms with Crippen LogP contribution in [-0.4, -0.2) is 17.5 Å². The molecule has 2 rings (SSSR count). The van der Waals surface area contributed by atoms with Crippen molar-refractivity contribution in [3.63, 3.8) is 0 Å². The van der Waals surface area contributed by atoms with Crippen molar-refractivity contribution in [2.24, 2.45) is 0 Å². The molecule has 0 fully saturated rings. The Kier molecular flexibility index (Phi) is 10.7. The van der Waals surface area contributed by atoms with Gasteiger partial charge < -0.3 is 9.84 Å². The predicted molar refractivity (Wildman–Crippen MR) is 121 cm³/mol. The molecule has 0 amide bonds. The number of rotatable bonds is 14. The van der Waals surface area contributed by atoms with Crippen LogP contribution in [0, 0.1) is 0 Å². The highest BCUT2D eigenvalue weighted by Crippen LogP contribution is 2.16. The van der Waals surface area contributed by atoms with Crippen LogP contribution in [0.25, 0.3) is 6.08 Å². The number of hydrogen-bond donors (Lipinski definition) is 1. The SMILES string of the molecule is CCCCCCCCCCOc1ccc(/C=C/C(=O)CC(O)=C2C=CC=C2)cc1. The van der Waals surface area contributed by atoms with E-state index in [1.807, 2.05) is 36.4 Å². The van der Waals surface area contributed by atoms with Crippen molar-refractivity contribution >= 4 is 11.9 Å². The van der Waals surface area contributed by atoms with E-state index in [1.165, 1.54) is 51.0 Å². The zero-order valence-corrected chi connectivity index (χ0v) is 17.6. The number of allylic oxidation sites excluding steroid dienone is 7. The molecule has 0 bridgehead atoms. The average Bonchev–Trinajstić information content (AvgIpc) is 3.27. The minimum atomic E-state index is -0.126. The van der Waals surface area contributed by atoms with Crippen molar-refractivity contribution in [1.29, 1.82) is 0 Å². The molecule has 3 heteroatoms. The number of ether oxygens (including phenoxy) is 1. The van der Waals surface area contributed by atoms with Gasteiger partial charge in [-0.25, -0.2) is 0 Å². The third-order valence-electron chi connectivity index (χ3n) is 4.95. The molecular weight excluding hydrogens is 360 g/mol. The van der Waals surface area contributed by atoms with E-state index in [0.717, 1.165) is 24.3 Å². The van der Waals surface area contributed by atoms with Gasteiger partial charge in [-0.15, -0.1) is 0 Å². The second-order valence-electron chi connectivity index (χ2n) is 7.49. The molecule has 0 unspecified atom stereocenters. The summed E-state index contributed by atoms with van der Waals surface area (Å²) in [6, 6.07) is 7.74. The topological polar surface area (TPSA) is 46.5 Å². The summed E-state index contributed by atoms with van der Waals surface area (Å²) < 4.78 is 5.80.